The molecule has 0 bridgehead atoms. The summed E-state index contributed by atoms with van der Waals surface area (Å²) in [6.07, 6.45) is 1.87. The van der Waals surface area contributed by atoms with Crippen molar-refractivity contribution < 1.29 is 29.6 Å². The van der Waals surface area contributed by atoms with Gasteiger partial charge in [0.25, 0.3) is 0 Å². The van der Waals surface area contributed by atoms with Crippen LogP contribution in [0.25, 0.3) is 0 Å². The molecule has 0 aliphatic carbocycles. The number of hydrogen-bond acceptors (Lipinski definition) is 0. The number of nitrogens with zero attached hydrogens (tertiary/aromatic N) is 1. The maximum atomic E-state index is 4.02. The monoisotopic (exact) mass is 117 g/mol. The molecule has 1 nitrogen and oxygen atoms in total. The van der Waals surface area contributed by atoms with E-state index >= 15 is 0 Å². The zero-order valence-corrected chi connectivity index (χ0v) is 7.60. The molecule has 0 spiro atoms. The first kappa shape index (κ1) is 8.28. The van der Waals surface area contributed by atoms with Crippen molar-refractivity contribution in [3.8, 4) is 0 Å². The molecule has 1 rings (SSSR count). The van der Waals surface area contributed by atoms with Gasteiger partial charge in [0, 0.05) is 0 Å². The zero-order valence-electron chi connectivity index (χ0n) is 5.60. The molecule has 1 aromatic rings. The van der Waals surface area contributed by atoms with Crippen LogP contribution in [0, 0.1) is 13.8 Å². The van der Waals surface area contributed by atoms with Crippen LogP contribution in [0.3, 0.4) is 0 Å². The van der Waals surface area contributed by atoms with Crippen LogP contribution in [-0.2, 0) is 0 Å². The molecule has 0 aliphatic rings. The fourth-order valence-corrected chi connectivity index (χ4v) is 0.608. The van der Waals surface area contributed by atoms with Crippen LogP contribution < -0.4 is 34.5 Å². The van der Waals surface area contributed by atoms with Crippen LogP contribution in [0.1, 0.15) is 11.3 Å². The van der Waals surface area contributed by atoms with Crippen LogP contribution >= 0.6 is 0 Å². The molecular weight excluding hydrogens is 109 g/mol. The normalized spacial score (nSPS) is 8.25. The Morgan fingerprint density at radius 1 is 1.38 bits per heavy atom. The molecule has 0 amide bonds. The summed E-state index contributed by atoms with van der Waals surface area (Å²) in [4.78, 5) is 4.02. The molecule has 0 unspecified atom stereocenters. The van der Waals surface area contributed by atoms with E-state index in [0.717, 1.165) is 5.69 Å². The minimum absolute atomic E-state index is 0. The van der Waals surface area contributed by atoms with Crippen molar-refractivity contribution in [1.82, 2.24) is 4.98 Å². The third kappa shape index (κ3) is 2.03. The van der Waals surface area contributed by atoms with E-state index in [9.17, 15) is 0 Å². The number of rotatable bonds is 0. The largest absolute Gasteiger partial charge is 1.00 e. The topological polar surface area (TPSA) is 14.1 Å². The van der Waals surface area contributed by atoms with E-state index in [1.54, 1.807) is 0 Å². The summed E-state index contributed by atoms with van der Waals surface area (Å²) < 4.78 is 0. The smallest absolute Gasteiger partial charge is 0.668 e. The second kappa shape index (κ2) is 3.33. The van der Waals surface area contributed by atoms with E-state index < -0.39 is 0 Å². The Bertz CT molecular complexity index is 141. The SMILES string of the molecule is Cc1c[n-]c(C)c1.[Na+]. The quantitative estimate of drug-likeness (QED) is 0.368. The molecule has 0 N–H and O–H groups in total. The predicted molar refractivity (Wildman–Crippen MR) is 29.2 cm³/mol. The van der Waals surface area contributed by atoms with Gasteiger partial charge in [-0.2, -0.15) is 11.9 Å². The standard InChI is InChI=1S/C6H8N.Na/c1-5-3-6(2)7-4-5;/h3-4H,1-2H3;/q-1;+1. The number of hydrogen-bond donors (Lipinski definition) is 0. The van der Waals surface area contributed by atoms with Gasteiger partial charge in [-0.3, -0.25) is 0 Å². The van der Waals surface area contributed by atoms with Gasteiger partial charge in [0.05, 0.1) is 0 Å². The Kier molecular flexibility index (Phi) is 3.45. The van der Waals surface area contributed by atoms with E-state index in [-0.39, 0.29) is 29.6 Å². The average molecular weight is 117 g/mol. The summed E-state index contributed by atoms with van der Waals surface area (Å²) in [5.74, 6) is 0. The minimum atomic E-state index is 0. The van der Waals surface area contributed by atoms with Crippen molar-refractivity contribution in [3.05, 3.63) is 23.5 Å². The molecule has 0 atom stereocenters. The van der Waals surface area contributed by atoms with Gasteiger partial charge in [-0.15, -0.1) is 0 Å². The van der Waals surface area contributed by atoms with Crippen molar-refractivity contribution in [2.24, 2.45) is 0 Å². The van der Waals surface area contributed by atoms with E-state index in [1.807, 2.05) is 20.0 Å². The first-order valence-electron chi connectivity index (χ1n) is 2.35. The third-order valence-corrected chi connectivity index (χ3v) is 0.908. The van der Waals surface area contributed by atoms with Crippen LogP contribution in [0.2, 0.25) is 0 Å². The van der Waals surface area contributed by atoms with E-state index in [1.165, 1.54) is 5.56 Å². The molecule has 0 fully saturated rings. The maximum Gasteiger partial charge on any atom is 1.00 e. The molecule has 1 heterocycles. The van der Waals surface area contributed by atoms with Crippen LogP contribution in [-0.4, -0.2) is 0 Å². The summed E-state index contributed by atoms with van der Waals surface area (Å²) in [6, 6.07) is 2.06. The molecule has 1 aromatic heterocycles. The summed E-state index contributed by atoms with van der Waals surface area (Å²) in [5, 5.41) is 0. The Labute approximate surface area is 71.8 Å². The predicted octanol–water partition coefficient (Wildman–Crippen LogP) is -1.74. The molecule has 0 aliphatic heterocycles. The second-order valence-corrected chi connectivity index (χ2v) is 1.79. The molecule has 2 heteroatoms. The zero-order chi connectivity index (χ0) is 5.28. The van der Waals surface area contributed by atoms with Crippen molar-refractivity contribution in [2.75, 3.05) is 0 Å². The van der Waals surface area contributed by atoms with Gasteiger partial charge in [0.1, 0.15) is 0 Å². The van der Waals surface area contributed by atoms with Crippen LogP contribution in [0.4, 0.5) is 0 Å². The van der Waals surface area contributed by atoms with E-state index in [0.29, 0.717) is 0 Å². The van der Waals surface area contributed by atoms with Crippen LogP contribution in [0.5, 0.6) is 0 Å². The number of aryl methyl sites for hydroxylation is 2. The van der Waals surface area contributed by atoms with Gasteiger partial charge in [0.2, 0.25) is 0 Å². The summed E-state index contributed by atoms with van der Waals surface area (Å²) in [6.45, 7) is 4.03. The Morgan fingerprint density at radius 2 is 2.00 bits per heavy atom. The summed E-state index contributed by atoms with van der Waals surface area (Å²) >= 11 is 0. The number of aromatic nitrogens is 1. The maximum absolute atomic E-state index is 4.02. The Hall–Kier alpha value is 0.280. The molecule has 0 radical (unpaired) electrons. The second-order valence-electron chi connectivity index (χ2n) is 1.79. The molecule has 8 heavy (non-hydrogen) atoms. The fourth-order valence-electron chi connectivity index (χ4n) is 0.608. The molecule has 38 valence electrons. The molecular formula is C6H8NNa. The van der Waals surface area contributed by atoms with Gasteiger partial charge in [-0.1, -0.05) is 18.6 Å². The molecule has 0 aromatic carbocycles. The Morgan fingerprint density at radius 3 is 2.12 bits per heavy atom. The van der Waals surface area contributed by atoms with E-state index in [2.05, 4.69) is 11.1 Å². The summed E-state index contributed by atoms with van der Waals surface area (Å²) in [7, 11) is 0. The first-order chi connectivity index (χ1) is 3.29. The third-order valence-electron chi connectivity index (χ3n) is 0.908. The van der Waals surface area contributed by atoms with Gasteiger partial charge in [0.15, 0.2) is 0 Å². The van der Waals surface area contributed by atoms with Crippen LogP contribution in [0.15, 0.2) is 12.3 Å². The van der Waals surface area contributed by atoms with Crippen molar-refractivity contribution in [2.45, 2.75) is 13.8 Å². The van der Waals surface area contributed by atoms with Crippen molar-refractivity contribution in [3.63, 3.8) is 0 Å². The van der Waals surface area contributed by atoms with Crippen molar-refractivity contribution >= 4 is 0 Å². The fraction of sp³-hybridized carbons (Fsp3) is 0.333. The first-order valence-corrected chi connectivity index (χ1v) is 2.35. The van der Waals surface area contributed by atoms with Crippen molar-refractivity contribution in [1.29, 1.82) is 0 Å². The minimum Gasteiger partial charge on any atom is -0.668 e. The van der Waals surface area contributed by atoms with E-state index in [4.69, 9.17) is 0 Å². The molecule has 0 saturated carbocycles. The average Bonchev–Trinajstić information content (AvgIpc) is 1.87. The van der Waals surface area contributed by atoms with Gasteiger partial charge >= 0.3 is 29.6 Å². The van der Waals surface area contributed by atoms with Gasteiger partial charge in [-0.25, -0.2) is 0 Å². The van der Waals surface area contributed by atoms with Gasteiger partial charge < -0.3 is 4.98 Å². The Balaban J connectivity index is 0.000000490. The summed E-state index contributed by atoms with van der Waals surface area (Å²) in [5.41, 5.74) is 2.36. The van der Waals surface area contributed by atoms with Gasteiger partial charge in [-0.05, 0) is 6.92 Å². The molecule has 0 saturated heterocycles.